The molecule has 128 valence electrons. The number of rotatable bonds is 4. The summed E-state index contributed by atoms with van der Waals surface area (Å²) < 4.78 is 6.07. The topological polar surface area (TPSA) is 58.9 Å². The van der Waals surface area contributed by atoms with Crippen LogP contribution in [0.3, 0.4) is 0 Å². The van der Waals surface area contributed by atoms with Crippen LogP contribution in [0.2, 0.25) is 10.0 Å². The molecule has 7 heteroatoms. The Hall–Kier alpha value is -2.08. The van der Waals surface area contributed by atoms with Gasteiger partial charge < -0.3 is 9.84 Å². The lowest BCUT2D eigenvalue weighted by molar-refractivity contribution is 0.0530. The number of halogens is 2. The first-order chi connectivity index (χ1) is 12.0. The van der Waals surface area contributed by atoms with Gasteiger partial charge in [-0.15, -0.1) is 11.3 Å². The molecule has 0 spiro atoms. The van der Waals surface area contributed by atoms with Crippen LogP contribution >= 0.6 is 34.5 Å². The van der Waals surface area contributed by atoms with E-state index < -0.39 is 5.97 Å². The number of benzene rings is 2. The highest BCUT2D eigenvalue weighted by atomic mass is 35.5. The van der Waals surface area contributed by atoms with Gasteiger partial charge in [0.2, 0.25) is 0 Å². The molecule has 0 aliphatic heterocycles. The summed E-state index contributed by atoms with van der Waals surface area (Å²) in [5.41, 5.74) is 0.774. The summed E-state index contributed by atoms with van der Waals surface area (Å²) in [6, 6.07) is 10.5. The highest BCUT2D eigenvalue weighted by Gasteiger charge is 2.19. The zero-order valence-corrected chi connectivity index (χ0v) is 15.5. The minimum atomic E-state index is -0.430. The van der Waals surface area contributed by atoms with Crippen LogP contribution in [0, 0.1) is 0 Å². The zero-order chi connectivity index (χ0) is 18.0. The van der Waals surface area contributed by atoms with Gasteiger partial charge in [0.05, 0.1) is 11.6 Å². The summed E-state index contributed by atoms with van der Waals surface area (Å²) in [6.07, 6.45) is 1.43. The van der Waals surface area contributed by atoms with Crippen molar-refractivity contribution in [1.82, 2.24) is 0 Å². The summed E-state index contributed by atoms with van der Waals surface area (Å²) in [5, 5.41) is 11.8. The SMILES string of the molecule is CCOC(=O)c1c(N=Cc2cc(Cl)cc(Cl)c2O)sc2ccccc12. The number of ether oxygens (including phenoxy) is 1. The number of carbonyl (C=O) groups excluding carboxylic acids is 1. The molecule has 1 N–H and O–H groups in total. The van der Waals surface area contributed by atoms with E-state index in [1.807, 2.05) is 24.3 Å². The van der Waals surface area contributed by atoms with Crippen LogP contribution in [-0.4, -0.2) is 23.9 Å². The van der Waals surface area contributed by atoms with E-state index in [2.05, 4.69) is 4.99 Å². The summed E-state index contributed by atoms with van der Waals surface area (Å²) in [6.45, 7) is 2.03. The minimum Gasteiger partial charge on any atom is -0.506 e. The molecule has 1 heterocycles. The van der Waals surface area contributed by atoms with Gasteiger partial charge in [-0.25, -0.2) is 9.79 Å². The third-order valence-electron chi connectivity index (χ3n) is 3.44. The van der Waals surface area contributed by atoms with Crippen molar-refractivity contribution in [2.75, 3.05) is 6.61 Å². The third kappa shape index (κ3) is 3.63. The van der Waals surface area contributed by atoms with Crippen molar-refractivity contribution in [2.24, 2.45) is 4.99 Å². The monoisotopic (exact) mass is 393 g/mol. The molecule has 3 rings (SSSR count). The standard InChI is InChI=1S/C18H13Cl2NO3S/c1-2-24-18(23)15-12-5-3-4-6-14(12)25-17(15)21-9-10-7-11(19)8-13(20)16(10)22/h3-9,22H,2H2,1H3. The Kier molecular flexibility index (Phi) is 5.27. The van der Waals surface area contributed by atoms with E-state index in [9.17, 15) is 9.90 Å². The van der Waals surface area contributed by atoms with Gasteiger partial charge in [-0.3, -0.25) is 0 Å². The Morgan fingerprint density at radius 1 is 1.32 bits per heavy atom. The number of phenolic OH excluding ortho intramolecular Hbond substituents is 1. The number of thiophene rings is 1. The largest absolute Gasteiger partial charge is 0.506 e. The Labute approximate surface area is 158 Å². The van der Waals surface area contributed by atoms with Crippen molar-refractivity contribution in [1.29, 1.82) is 0 Å². The van der Waals surface area contributed by atoms with E-state index in [1.165, 1.54) is 23.6 Å². The first-order valence-corrected chi connectivity index (χ1v) is 8.99. The van der Waals surface area contributed by atoms with E-state index in [1.54, 1.807) is 13.0 Å². The lowest BCUT2D eigenvalue weighted by Crippen LogP contribution is -2.03. The van der Waals surface area contributed by atoms with Gasteiger partial charge in [-0.05, 0) is 25.1 Å². The fourth-order valence-electron chi connectivity index (χ4n) is 2.34. The number of hydrogen-bond donors (Lipinski definition) is 1. The maximum Gasteiger partial charge on any atom is 0.341 e. The molecular weight excluding hydrogens is 381 g/mol. The van der Waals surface area contributed by atoms with Crippen LogP contribution in [0.25, 0.3) is 10.1 Å². The molecule has 0 amide bonds. The molecule has 0 saturated heterocycles. The molecule has 0 fully saturated rings. The maximum absolute atomic E-state index is 12.3. The molecular formula is C18H13Cl2NO3S. The molecule has 0 aliphatic carbocycles. The first kappa shape index (κ1) is 17.7. The summed E-state index contributed by atoms with van der Waals surface area (Å²) in [7, 11) is 0. The van der Waals surface area contributed by atoms with Crippen LogP contribution in [-0.2, 0) is 4.74 Å². The van der Waals surface area contributed by atoms with Crippen molar-refractivity contribution >= 4 is 61.8 Å². The number of fused-ring (bicyclic) bond motifs is 1. The van der Waals surface area contributed by atoms with Crippen molar-refractivity contribution < 1.29 is 14.6 Å². The highest BCUT2D eigenvalue weighted by molar-refractivity contribution is 7.23. The number of aliphatic imine (C=N–C) groups is 1. The normalized spacial score (nSPS) is 11.3. The summed E-state index contributed by atoms with van der Waals surface area (Å²) >= 11 is 13.2. The molecule has 2 aromatic carbocycles. The van der Waals surface area contributed by atoms with Gasteiger partial charge in [0, 0.05) is 26.9 Å². The third-order valence-corrected chi connectivity index (χ3v) is 5.02. The van der Waals surface area contributed by atoms with Gasteiger partial charge in [0.15, 0.2) is 0 Å². The number of carbonyl (C=O) groups is 1. The van der Waals surface area contributed by atoms with E-state index in [-0.39, 0.29) is 17.4 Å². The van der Waals surface area contributed by atoms with Crippen molar-refractivity contribution in [3.63, 3.8) is 0 Å². The van der Waals surface area contributed by atoms with Gasteiger partial charge in [0.1, 0.15) is 16.3 Å². The molecule has 0 saturated carbocycles. The Morgan fingerprint density at radius 3 is 2.84 bits per heavy atom. The number of aromatic hydroxyl groups is 1. The second kappa shape index (κ2) is 7.44. The fourth-order valence-corrected chi connectivity index (χ4v) is 3.88. The van der Waals surface area contributed by atoms with Crippen LogP contribution in [0.15, 0.2) is 41.4 Å². The van der Waals surface area contributed by atoms with Gasteiger partial charge in [-0.1, -0.05) is 41.4 Å². The lowest BCUT2D eigenvalue weighted by atomic mass is 10.1. The van der Waals surface area contributed by atoms with E-state index in [4.69, 9.17) is 27.9 Å². The Balaban J connectivity index is 2.10. The molecule has 0 unspecified atom stereocenters. The minimum absolute atomic E-state index is 0.117. The molecule has 0 radical (unpaired) electrons. The quantitative estimate of drug-likeness (QED) is 0.447. The van der Waals surface area contributed by atoms with Crippen LogP contribution in [0.5, 0.6) is 5.75 Å². The average Bonchev–Trinajstić information content (AvgIpc) is 2.95. The first-order valence-electron chi connectivity index (χ1n) is 7.42. The van der Waals surface area contributed by atoms with Crippen LogP contribution < -0.4 is 0 Å². The van der Waals surface area contributed by atoms with Crippen LogP contribution in [0.1, 0.15) is 22.8 Å². The van der Waals surface area contributed by atoms with E-state index in [0.29, 0.717) is 21.2 Å². The number of phenols is 1. The second-order valence-corrected chi connectivity index (χ2v) is 6.96. The van der Waals surface area contributed by atoms with E-state index >= 15 is 0 Å². The van der Waals surface area contributed by atoms with Gasteiger partial charge >= 0.3 is 5.97 Å². The highest BCUT2D eigenvalue weighted by Crippen LogP contribution is 2.38. The molecule has 3 aromatic rings. The summed E-state index contributed by atoms with van der Waals surface area (Å²) in [5.74, 6) is -0.547. The Bertz CT molecular complexity index is 982. The van der Waals surface area contributed by atoms with Gasteiger partial charge in [-0.2, -0.15) is 0 Å². The van der Waals surface area contributed by atoms with Crippen LogP contribution in [0.4, 0.5) is 5.00 Å². The average molecular weight is 394 g/mol. The molecule has 0 atom stereocenters. The van der Waals surface area contributed by atoms with Crippen molar-refractivity contribution in [3.05, 3.63) is 57.6 Å². The predicted octanol–water partition coefficient (Wildman–Crippen LogP) is 5.84. The second-order valence-electron chi connectivity index (χ2n) is 5.08. The lowest BCUT2D eigenvalue weighted by Gasteiger charge is -2.03. The number of nitrogens with zero attached hydrogens (tertiary/aromatic N) is 1. The van der Waals surface area contributed by atoms with Crippen molar-refractivity contribution in [3.8, 4) is 5.75 Å². The van der Waals surface area contributed by atoms with E-state index in [0.717, 1.165) is 10.1 Å². The Morgan fingerprint density at radius 2 is 2.08 bits per heavy atom. The summed E-state index contributed by atoms with van der Waals surface area (Å²) in [4.78, 5) is 16.7. The molecule has 0 bridgehead atoms. The number of hydrogen-bond acceptors (Lipinski definition) is 5. The molecule has 1 aromatic heterocycles. The zero-order valence-electron chi connectivity index (χ0n) is 13.1. The molecule has 25 heavy (non-hydrogen) atoms. The fraction of sp³-hybridized carbons (Fsp3) is 0.111. The molecule has 4 nitrogen and oxygen atoms in total. The van der Waals surface area contributed by atoms with Gasteiger partial charge in [0.25, 0.3) is 0 Å². The molecule has 0 aliphatic rings. The number of esters is 1. The van der Waals surface area contributed by atoms with Crippen molar-refractivity contribution in [2.45, 2.75) is 6.92 Å². The predicted molar refractivity (Wildman–Crippen MR) is 103 cm³/mol. The maximum atomic E-state index is 12.3. The smallest absolute Gasteiger partial charge is 0.341 e.